The number of nitrogens with zero attached hydrogens (tertiary/aromatic N) is 3. The molecule has 178 valence electrons. The number of carbonyl (C=O) groups is 2. The minimum absolute atomic E-state index is 0.0233. The quantitative estimate of drug-likeness (QED) is 0.612. The fraction of sp³-hybridized carbons (Fsp3) is 0.522. The minimum Gasteiger partial charge on any atom is -0.389 e. The van der Waals surface area contributed by atoms with Gasteiger partial charge in [-0.15, -0.1) is 0 Å². The number of nitrogen functional groups attached to an aromatic ring is 1. The summed E-state index contributed by atoms with van der Waals surface area (Å²) in [7, 11) is 5.07. The van der Waals surface area contributed by atoms with Gasteiger partial charge >= 0.3 is 0 Å². The number of hydrogen-bond donors (Lipinski definition) is 3. The first kappa shape index (κ1) is 23.5. The highest BCUT2D eigenvalue weighted by Crippen LogP contribution is 2.55. The van der Waals surface area contributed by atoms with E-state index in [2.05, 4.69) is 10.4 Å². The molecule has 2 aliphatic carbocycles. The first-order valence-corrected chi connectivity index (χ1v) is 11.4. The van der Waals surface area contributed by atoms with Crippen molar-refractivity contribution in [1.82, 2.24) is 14.7 Å². The second-order valence-corrected chi connectivity index (χ2v) is 10.0. The molecule has 2 aromatic rings. The van der Waals surface area contributed by atoms with E-state index < -0.39 is 17.3 Å². The number of aliphatic hydroxyl groups is 1. The van der Waals surface area contributed by atoms with Crippen LogP contribution in [0.2, 0.25) is 5.02 Å². The molecule has 2 atom stereocenters. The number of anilines is 2. The molecule has 0 aliphatic heterocycles. The molecule has 0 spiro atoms. The van der Waals surface area contributed by atoms with E-state index in [0.29, 0.717) is 29.8 Å². The number of halogens is 2. The molecule has 4 rings (SSSR count). The summed E-state index contributed by atoms with van der Waals surface area (Å²) < 4.78 is 14.9. The average Bonchev–Trinajstić information content (AvgIpc) is 3.34. The van der Waals surface area contributed by atoms with Crippen LogP contribution >= 0.6 is 11.6 Å². The summed E-state index contributed by atoms with van der Waals surface area (Å²) in [6.45, 7) is 0. The van der Waals surface area contributed by atoms with Crippen LogP contribution in [-0.2, 0) is 11.8 Å². The summed E-state index contributed by atoms with van der Waals surface area (Å²) in [5, 5.41) is 18.2. The van der Waals surface area contributed by atoms with Gasteiger partial charge in [-0.25, -0.2) is 4.39 Å². The van der Waals surface area contributed by atoms with Gasteiger partial charge in [-0.2, -0.15) is 5.10 Å². The van der Waals surface area contributed by atoms with Crippen molar-refractivity contribution >= 4 is 34.9 Å². The number of aryl methyl sites for hydroxylation is 1. The molecule has 1 aromatic carbocycles. The molecule has 2 fully saturated rings. The summed E-state index contributed by atoms with van der Waals surface area (Å²) in [6, 6.07) is 3.96. The van der Waals surface area contributed by atoms with Crippen LogP contribution < -0.4 is 11.1 Å². The molecule has 2 aliphatic rings. The summed E-state index contributed by atoms with van der Waals surface area (Å²) in [5.74, 6) is -0.290. The predicted molar refractivity (Wildman–Crippen MR) is 123 cm³/mol. The molecule has 33 heavy (non-hydrogen) atoms. The van der Waals surface area contributed by atoms with Gasteiger partial charge in [0.15, 0.2) is 0 Å². The highest BCUT2D eigenvalue weighted by molar-refractivity contribution is 6.31. The van der Waals surface area contributed by atoms with Crippen molar-refractivity contribution in [1.29, 1.82) is 0 Å². The number of aromatic nitrogens is 2. The normalized spacial score (nSPS) is 26.3. The molecule has 0 saturated heterocycles. The van der Waals surface area contributed by atoms with Gasteiger partial charge in [-0.3, -0.25) is 14.3 Å². The lowest BCUT2D eigenvalue weighted by Crippen LogP contribution is -2.35. The van der Waals surface area contributed by atoms with Gasteiger partial charge in [-0.1, -0.05) is 11.6 Å². The second kappa shape index (κ2) is 8.61. The van der Waals surface area contributed by atoms with Gasteiger partial charge in [0.05, 0.1) is 22.7 Å². The highest BCUT2D eigenvalue weighted by atomic mass is 35.5. The van der Waals surface area contributed by atoms with Crippen molar-refractivity contribution < 1.29 is 19.1 Å². The van der Waals surface area contributed by atoms with E-state index in [1.807, 2.05) is 0 Å². The van der Waals surface area contributed by atoms with Crippen LogP contribution in [0.1, 0.15) is 54.1 Å². The van der Waals surface area contributed by atoms with Crippen molar-refractivity contribution in [3.63, 3.8) is 0 Å². The van der Waals surface area contributed by atoms with Gasteiger partial charge in [0.2, 0.25) is 5.91 Å². The van der Waals surface area contributed by atoms with Crippen LogP contribution in [0.15, 0.2) is 18.2 Å². The Balaban J connectivity index is 1.50. The fourth-order valence-corrected chi connectivity index (χ4v) is 5.60. The van der Waals surface area contributed by atoms with Gasteiger partial charge < -0.3 is 21.1 Å². The Morgan fingerprint density at radius 1 is 1.33 bits per heavy atom. The zero-order valence-electron chi connectivity index (χ0n) is 18.9. The van der Waals surface area contributed by atoms with Crippen LogP contribution in [0, 0.1) is 17.7 Å². The number of fused-ring (bicyclic) bond motifs is 1. The summed E-state index contributed by atoms with van der Waals surface area (Å²) in [5.41, 5.74) is 6.51. The zero-order valence-corrected chi connectivity index (χ0v) is 19.7. The van der Waals surface area contributed by atoms with Crippen LogP contribution in [0.4, 0.5) is 15.9 Å². The van der Waals surface area contributed by atoms with Gasteiger partial charge in [0, 0.05) is 32.7 Å². The van der Waals surface area contributed by atoms with Gasteiger partial charge in [-0.05, 0) is 55.7 Å². The molecular weight excluding hydrogens is 449 g/mol. The number of nitrogens with one attached hydrogen (secondary N) is 1. The zero-order chi connectivity index (χ0) is 24.1. The topological polar surface area (TPSA) is 113 Å². The third kappa shape index (κ3) is 4.56. The molecular formula is C23H29ClFN5O3. The highest BCUT2D eigenvalue weighted by Gasteiger charge is 2.50. The number of rotatable bonds is 5. The lowest BCUT2D eigenvalue weighted by atomic mass is 9.89. The molecule has 1 heterocycles. The second-order valence-electron chi connectivity index (χ2n) is 9.64. The molecule has 4 N–H and O–H groups in total. The largest absolute Gasteiger partial charge is 0.389 e. The van der Waals surface area contributed by atoms with E-state index in [1.165, 1.54) is 27.8 Å². The van der Waals surface area contributed by atoms with Crippen molar-refractivity contribution in [3.05, 3.63) is 40.3 Å². The minimum atomic E-state index is -0.979. The maximum Gasteiger partial charge on any atom is 0.261 e. The Morgan fingerprint density at radius 2 is 1.97 bits per heavy atom. The van der Waals surface area contributed by atoms with Gasteiger partial charge in [0.1, 0.15) is 17.2 Å². The van der Waals surface area contributed by atoms with Crippen LogP contribution in [0.25, 0.3) is 0 Å². The molecule has 0 radical (unpaired) electrons. The van der Waals surface area contributed by atoms with E-state index in [4.69, 9.17) is 17.3 Å². The third-order valence-corrected chi connectivity index (χ3v) is 7.30. The van der Waals surface area contributed by atoms with Crippen molar-refractivity contribution in [3.8, 4) is 0 Å². The monoisotopic (exact) mass is 477 g/mol. The maximum atomic E-state index is 13.5. The Bertz CT molecular complexity index is 1090. The van der Waals surface area contributed by atoms with E-state index in [-0.39, 0.29) is 40.9 Å². The molecule has 2 saturated carbocycles. The van der Waals surface area contributed by atoms with Crippen LogP contribution in [0.5, 0.6) is 0 Å². The number of hydrogen-bond acceptors (Lipinski definition) is 5. The predicted octanol–water partition coefficient (Wildman–Crippen LogP) is 3.16. The van der Waals surface area contributed by atoms with E-state index in [0.717, 1.165) is 12.8 Å². The summed E-state index contributed by atoms with van der Waals surface area (Å²) in [4.78, 5) is 26.7. The Kier molecular flexibility index (Phi) is 6.13. The number of carbonyl (C=O) groups excluding carboxylic acids is 2. The smallest absolute Gasteiger partial charge is 0.261 e. The molecule has 2 amide bonds. The number of benzene rings is 1. The SMILES string of the molecule is CN(C)C(=O)CC1(O)CC2CC(c3nn(C)c(N)c3C(=O)Nc3ccc(F)c(Cl)c3)CC2C1. The molecule has 8 nitrogen and oxygen atoms in total. The first-order chi connectivity index (χ1) is 15.5. The standard InChI is InChI=1S/C23H29ClFN5O3/c1-29(2)18(31)11-23(33)9-13-6-12(7-14(13)10-23)20-19(21(26)30(3)28-20)22(32)27-15-4-5-17(25)16(24)8-15/h4-5,8,12-14,33H,6-7,9-11,26H2,1-3H3,(H,27,32). The fourth-order valence-electron chi connectivity index (χ4n) is 5.42. The lowest BCUT2D eigenvalue weighted by molar-refractivity contribution is -0.133. The molecule has 10 heteroatoms. The number of nitrogens with two attached hydrogens (primary N) is 1. The Hall–Kier alpha value is -2.65. The Labute approximate surface area is 196 Å². The summed E-state index contributed by atoms with van der Waals surface area (Å²) in [6.07, 6.45) is 2.78. The van der Waals surface area contributed by atoms with Crippen molar-refractivity contribution in [2.75, 3.05) is 25.1 Å². The van der Waals surface area contributed by atoms with Crippen molar-refractivity contribution in [2.45, 2.75) is 43.6 Å². The van der Waals surface area contributed by atoms with Crippen molar-refractivity contribution in [2.24, 2.45) is 18.9 Å². The first-order valence-electron chi connectivity index (χ1n) is 11.0. The lowest BCUT2D eigenvalue weighted by Gasteiger charge is -2.25. The molecule has 0 bridgehead atoms. The average molecular weight is 478 g/mol. The van der Waals surface area contributed by atoms with E-state index in [1.54, 1.807) is 21.1 Å². The third-order valence-electron chi connectivity index (χ3n) is 7.01. The Morgan fingerprint density at radius 3 is 2.55 bits per heavy atom. The number of amides is 2. The molecule has 2 unspecified atom stereocenters. The van der Waals surface area contributed by atoms with E-state index >= 15 is 0 Å². The van der Waals surface area contributed by atoms with Gasteiger partial charge in [0.25, 0.3) is 5.91 Å². The molecule has 1 aromatic heterocycles. The van der Waals surface area contributed by atoms with Crippen LogP contribution in [-0.4, -0.2) is 51.3 Å². The van der Waals surface area contributed by atoms with E-state index in [9.17, 15) is 19.1 Å². The summed E-state index contributed by atoms with van der Waals surface area (Å²) >= 11 is 5.83. The van der Waals surface area contributed by atoms with Crippen LogP contribution in [0.3, 0.4) is 0 Å². The maximum absolute atomic E-state index is 13.5.